The lowest BCUT2D eigenvalue weighted by Crippen LogP contribution is -2.72. The third kappa shape index (κ3) is 3.14. The highest BCUT2D eigenvalue weighted by molar-refractivity contribution is 5.94. The lowest BCUT2D eigenvalue weighted by molar-refractivity contribution is -0.0695. The number of hydrogen-bond donors (Lipinski definition) is 0. The van der Waals surface area contributed by atoms with Crippen molar-refractivity contribution in [1.29, 1.82) is 0 Å². The topological polar surface area (TPSA) is 58.8 Å². The quantitative estimate of drug-likeness (QED) is 0.854. The predicted molar refractivity (Wildman–Crippen MR) is 92.4 cm³/mol. The number of carbonyl (C=O) groups excluding carboxylic acids is 1. The molecule has 2 aliphatic heterocycles. The Labute approximate surface area is 147 Å². The van der Waals surface area contributed by atoms with Crippen LogP contribution in [-0.2, 0) is 0 Å². The number of nitrogens with zero attached hydrogens (tertiary/aromatic N) is 3. The van der Waals surface area contributed by atoms with E-state index in [1.54, 1.807) is 18.5 Å². The first kappa shape index (κ1) is 16.1. The molecule has 2 fully saturated rings. The number of amides is 1. The van der Waals surface area contributed by atoms with Gasteiger partial charge in [-0.15, -0.1) is 0 Å². The van der Waals surface area contributed by atoms with Gasteiger partial charge in [-0.3, -0.25) is 9.69 Å². The number of rotatable bonds is 4. The van der Waals surface area contributed by atoms with E-state index in [0.717, 1.165) is 32.5 Å². The molecule has 6 nitrogen and oxygen atoms in total. The molecule has 2 aromatic rings. The Balaban J connectivity index is 1.35. The lowest BCUT2D eigenvalue weighted by Gasteiger charge is -2.58. The van der Waals surface area contributed by atoms with Crippen molar-refractivity contribution in [2.24, 2.45) is 5.92 Å². The fraction of sp³-hybridized carbons (Fsp3) is 0.474. The molecule has 1 spiro atoms. The number of hydrogen-bond acceptors (Lipinski definition) is 5. The van der Waals surface area contributed by atoms with Crippen LogP contribution in [0.1, 0.15) is 23.2 Å². The molecule has 0 aromatic carbocycles. The number of likely N-dealkylation sites (tertiary alicyclic amines) is 2. The summed E-state index contributed by atoms with van der Waals surface area (Å²) in [5, 5.41) is 0. The summed E-state index contributed by atoms with van der Waals surface area (Å²) in [7, 11) is 2.16. The molecule has 2 saturated heterocycles. The molecule has 25 heavy (non-hydrogen) atoms. The monoisotopic (exact) mass is 341 g/mol. The zero-order valence-electron chi connectivity index (χ0n) is 14.4. The van der Waals surface area contributed by atoms with Crippen LogP contribution < -0.4 is 4.74 Å². The molecule has 2 aliphatic rings. The van der Waals surface area contributed by atoms with E-state index in [4.69, 9.17) is 9.15 Å². The standard InChI is InChI=1S/C19H23N3O3/c1-21-8-5-15(11-25-17-4-2-3-7-20-17)10-19(21)13-22(14-19)18(23)16-6-9-24-12-16/h2-4,6-7,9,12,15H,5,8,10-11,13-14H2,1H3/t15-/m0/s1. The molecule has 0 aliphatic carbocycles. The molecular formula is C19H23N3O3. The second kappa shape index (κ2) is 6.52. The molecule has 1 atom stereocenters. The van der Waals surface area contributed by atoms with E-state index in [1.807, 2.05) is 23.1 Å². The molecule has 0 radical (unpaired) electrons. The van der Waals surface area contributed by atoms with Crippen molar-refractivity contribution in [1.82, 2.24) is 14.8 Å². The Morgan fingerprint density at radius 3 is 3.00 bits per heavy atom. The molecule has 132 valence electrons. The predicted octanol–water partition coefficient (Wildman–Crippen LogP) is 2.29. The van der Waals surface area contributed by atoms with E-state index >= 15 is 0 Å². The van der Waals surface area contributed by atoms with Gasteiger partial charge in [0.25, 0.3) is 5.91 Å². The number of aromatic nitrogens is 1. The minimum Gasteiger partial charge on any atom is -0.477 e. The molecule has 0 N–H and O–H groups in total. The van der Waals surface area contributed by atoms with Crippen LogP contribution >= 0.6 is 0 Å². The van der Waals surface area contributed by atoms with Crippen molar-refractivity contribution < 1.29 is 13.9 Å². The maximum atomic E-state index is 12.4. The molecule has 1 amide bonds. The summed E-state index contributed by atoms with van der Waals surface area (Å²) in [6, 6.07) is 7.43. The zero-order chi connectivity index (χ0) is 17.3. The highest BCUT2D eigenvalue weighted by atomic mass is 16.5. The highest BCUT2D eigenvalue weighted by Crippen LogP contribution is 2.39. The van der Waals surface area contributed by atoms with Gasteiger partial charge in [-0.25, -0.2) is 4.98 Å². The van der Waals surface area contributed by atoms with E-state index in [-0.39, 0.29) is 11.4 Å². The van der Waals surface area contributed by atoms with Crippen LogP contribution in [0.15, 0.2) is 47.4 Å². The van der Waals surface area contributed by atoms with Gasteiger partial charge in [0.15, 0.2) is 0 Å². The maximum Gasteiger partial charge on any atom is 0.257 e. The SMILES string of the molecule is CN1CC[C@H](COc2ccccn2)CC12CN(C(=O)c1ccoc1)C2. The highest BCUT2D eigenvalue weighted by Gasteiger charge is 2.51. The maximum absolute atomic E-state index is 12.4. The first-order valence-corrected chi connectivity index (χ1v) is 8.73. The van der Waals surface area contributed by atoms with Gasteiger partial charge in [-0.2, -0.15) is 0 Å². The smallest absolute Gasteiger partial charge is 0.257 e. The number of carbonyl (C=O) groups is 1. The Hall–Kier alpha value is -2.34. The average molecular weight is 341 g/mol. The molecule has 0 unspecified atom stereocenters. The molecule has 0 saturated carbocycles. The fourth-order valence-corrected chi connectivity index (χ4v) is 3.93. The van der Waals surface area contributed by atoms with Gasteiger partial charge < -0.3 is 14.1 Å². The molecule has 4 heterocycles. The van der Waals surface area contributed by atoms with Gasteiger partial charge >= 0.3 is 0 Å². The number of furan rings is 1. The Bertz CT molecular complexity index is 711. The van der Waals surface area contributed by atoms with Crippen LogP contribution in [0.25, 0.3) is 0 Å². The van der Waals surface area contributed by atoms with Crippen LogP contribution in [0.2, 0.25) is 0 Å². The van der Waals surface area contributed by atoms with Crippen LogP contribution in [0.4, 0.5) is 0 Å². The lowest BCUT2D eigenvalue weighted by atomic mass is 9.75. The zero-order valence-corrected chi connectivity index (χ0v) is 14.4. The van der Waals surface area contributed by atoms with Crippen molar-refractivity contribution in [3.05, 3.63) is 48.6 Å². The molecular weight excluding hydrogens is 318 g/mol. The summed E-state index contributed by atoms with van der Waals surface area (Å²) >= 11 is 0. The normalized spacial score (nSPS) is 22.6. The number of ether oxygens (including phenoxy) is 1. The van der Waals surface area contributed by atoms with Gasteiger partial charge in [0.2, 0.25) is 5.88 Å². The summed E-state index contributed by atoms with van der Waals surface area (Å²) in [5.41, 5.74) is 0.707. The van der Waals surface area contributed by atoms with Crippen molar-refractivity contribution in [2.45, 2.75) is 18.4 Å². The first-order valence-electron chi connectivity index (χ1n) is 8.73. The molecule has 2 aromatic heterocycles. The third-order valence-electron chi connectivity index (χ3n) is 5.48. The van der Waals surface area contributed by atoms with Crippen molar-refractivity contribution in [3.8, 4) is 5.88 Å². The van der Waals surface area contributed by atoms with Crippen LogP contribution in [0, 0.1) is 5.92 Å². The molecule has 4 rings (SSSR count). The second-order valence-electron chi connectivity index (χ2n) is 7.16. The van der Waals surface area contributed by atoms with E-state index in [0.29, 0.717) is 24.0 Å². The summed E-state index contributed by atoms with van der Waals surface area (Å²) < 4.78 is 10.9. The van der Waals surface area contributed by atoms with Gasteiger partial charge in [0.05, 0.1) is 24.0 Å². The first-order chi connectivity index (χ1) is 12.2. The van der Waals surface area contributed by atoms with Crippen molar-refractivity contribution in [2.75, 3.05) is 33.3 Å². The minimum atomic E-state index is 0.0552. The van der Waals surface area contributed by atoms with Crippen molar-refractivity contribution >= 4 is 5.91 Å². The largest absolute Gasteiger partial charge is 0.477 e. The van der Waals surface area contributed by atoms with Gasteiger partial charge in [0.1, 0.15) is 6.26 Å². The summed E-state index contributed by atoms with van der Waals surface area (Å²) in [5.74, 6) is 1.23. The summed E-state index contributed by atoms with van der Waals surface area (Å²) in [4.78, 5) is 21.0. The number of piperidine rings is 1. The Morgan fingerprint density at radius 2 is 2.28 bits per heavy atom. The number of likely N-dealkylation sites (N-methyl/N-ethyl adjacent to an activating group) is 1. The fourth-order valence-electron chi connectivity index (χ4n) is 3.93. The molecule has 6 heteroatoms. The molecule has 0 bridgehead atoms. The van der Waals surface area contributed by atoms with Gasteiger partial charge in [0, 0.05) is 25.4 Å². The summed E-state index contributed by atoms with van der Waals surface area (Å²) in [6.45, 7) is 3.26. The van der Waals surface area contributed by atoms with Gasteiger partial charge in [-0.1, -0.05) is 6.07 Å². The van der Waals surface area contributed by atoms with Crippen LogP contribution in [0.5, 0.6) is 5.88 Å². The van der Waals surface area contributed by atoms with Crippen LogP contribution in [0.3, 0.4) is 0 Å². The second-order valence-corrected chi connectivity index (χ2v) is 7.16. The van der Waals surface area contributed by atoms with Crippen molar-refractivity contribution in [3.63, 3.8) is 0 Å². The van der Waals surface area contributed by atoms with Crippen LogP contribution in [-0.4, -0.2) is 59.5 Å². The third-order valence-corrected chi connectivity index (χ3v) is 5.48. The summed E-state index contributed by atoms with van der Waals surface area (Å²) in [6.07, 6.45) is 6.96. The van der Waals surface area contributed by atoms with E-state index in [2.05, 4.69) is 16.9 Å². The van der Waals surface area contributed by atoms with E-state index in [9.17, 15) is 4.79 Å². The minimum absolute atomic E-state index is 0.0552. The van der Waals surface area contributed by atoms with E-state index < -0.39 is 0 Å². The average Bonchev–Trinajstić information content (AvgIpc) is 3.14. The van der Waals surface area contributed by atoms with Gasteiger partial charge in [-0.05, 0) is 44.5 Å². The Morgan fingerprint density at radius 1 is 1.40 bits per heavy atom. The Kier molecular flexibility index (Phi) is 4.21. The number of pyridine rings is 1. The van der Waals surface area contributed by atoms with E-state index in [1.165, 1.54) is 6.26 Å².